The number of nitrogens with zero attached hydrogens (tertiary/aromatic N) is 1. The van der Waals surface area contributed by atoms with Gasteiger partial charge in [-0.2, -0.15) is 0 Å². The van der Waals surface area contributed by atoms with Gasteiger partial charge in [0.25, 0.3) is 5.91 Å². The largest absolute Gasteiger partial charge is 0.369 e. The first kappa shape index (κ1) is 23.0. The monoisotopic (exact) mass is 443 g/mol. The summed E-state index contributed by atoms with van der Waals surface area (Å²) in [7, 11) is -3.36. The number of primary amides is 1. The second kappa shape index (κ2) is 9.62. The van der Waals surface area contributed by atoms with Crippen molar-refractivity contribution in [2.75, 3.05) is 18.4 Å². The Morgan fingerprint density at radius 1 is 1.10 bits per heavy atom. The standard InChI is InChI=1S/C23H29N3O4S/c1-16(2)31(29,30)21-11-7-18(8-12-21)23(28)25-20-9-5-17(6-10-20)14-26-13-3-4-19(15-26)22(24)27/h5-12,16,19H,3-4,13-15H2,1-2H3,(H2,24,27)(H,25,28). The number of hydrogen-bond acceptors (Lipinski definition) is 5. The molecular weight excluding hydrogens is 414 g/mol. The number of sulfone groups is 1. The lowest BCUT2D eigenvalue weighted by Gasteiger charge is -2.31. The number of carbonyl (C=O) groups is 2. The molecule has 1 saturated heterocycles. The van der Waals surface area contributed by atoms with Crippen molar-refractivity contribution in [1.82, 2.24) is 4.90 Å². The Morgan fingerprint density at radius 2 is 1.74 bits per heavy atom. The summed E-state index contributed by atoms with van der Waals surface area (Å²) < 4.78 is 24.4. The van der Waals surface area contributed by atoms with E-state index in [1.165, 1.54) is 24.3 Å². The number of anilines is 1. The number of benzene rings is 2. The fourth-order valence-electron chi connectivity index (χ4n) is 3.65. The minimum Gasteiger partial charge on any atom is -0.369 e. The van der Waals surface area contributed by atoms with Gasteiger partial charge in [-0.05, 0) is 75.2 Å². The Labute approximate surface area is 183 Å². The zero-order chi connectivity index (χ0) is 22.6. The Balaban J connectivity index is 1.59. The lowest BCUT2D eigenvalue weighted by atomic mass is 9.97. The van der Waals surface area contributed by atoms with Crippen molar-refractivity contribution in [3.63, 3.8) is 0 Å². The molecule has 1 aliphatic rings. The van der Waals surface area contributed by atoms with Gasteiger partial charge >= 0.3 is 0 Å². The van der Waals surface area contributed by atoms with Gasteiger partial charge in [0, 0.05) is 24.3 Å². The van der Waals surface area contributed by atoms with Crippen LogP contribution in [0.1, 0.15) is 42.6 Å². The van der Waals surface area contributed by atoms with E-state index in [1.54, 1.807) is 13.8 Å². The van der Waals surface area contributed by atoms with Crippen LogP contribution in [0.3, 0.4) is 0 Å². The average molecular weight is 444 g/mol. The summed E-state index contributed by atoms with van der Waals surface area (Å²) in [5.41, 5.74) is 7.57. The Morgan fingerprint density at radius 3 is 2.32 bits per heavy atom. The van der Waals surface area contributed by atoms with Gasteiger partial charge in [-0.25, -0.2) is 8.42 Å². The summed E-state index contributed by atoms with van der Waals surface area (Å²) in [6, 6.07) is 13.5. The van der Waals surface area contributed by atoms with Gasteiger partial charge in [0.15, 0.2) is 9.84 Å². The molecule has 0 aliphatic carbocycles. The molecule has 7 nitrogen and oxygen atoms in total. The zero-order valence-electron chi connectivity index (χ0n) is 17.9. The van der Waals surface area contributed by atoms with Crippen LogP contribution < -0.4 is 11.1 Å². The van der Waals surface area contributed by atoms with Gasteiger partial charge in [0.05, 0.1) is 16.1 Å². The molecule has 0 bridgehead atoms. The number of nitrogens with two attached hydrogens (primary N) is 1. The molecule has 31 heavy (non-hydrogen) atoms. The van der Waals surface area contributed by atoms with E-state index in [2.05, 4.69) is 10.2 Å². The predicted molar refractivity (Wildman–Crippen MR) is 120 cm³/mol. The van der Waals surface area contributed by atoms with E-state index in [-0.39, 0.29) is 22.6 Å². The van der Waals surface area contributed by atoms with Crippen molar-refractivity contribution in [2.24, 2.45) is 11.7 Å². The lowest BCUT2D eigenvalue weighted by Crippen LogP contribution is -2.40. The van der Waals surface area contributed by atoms with Gasteiger partial charge < -0.3 is 11.1 Å². The average Bonchev–Trinajstić information content (AvgIpc) is 2.75. The normalized spacial score (nSPS) is 17.5. The van der Waals surface area contributed by atoms with Crippen molar-refractivity contribution in [3.8, 4) is 0 Å². The van der Waals surface area contributed by atoms with Crippen molar-refractivity contribution >= 4 is 27.3 Å². The molecule has 2 amide bonds. The van der Waals surface area contributed by atoms with Crippen molar-refractivity contribution in [1.29, 1.82) is 0 Å². The summed E-state index contributed by atoms with van der Waals surface area (Å²) >= 11 is 0. The van der Waals surface area contributed by atoms with E-state index >= 15 is 0 Å². The zero-order valence-corrected chi connectivity index (χ0v) is 18.7. The van der Waals surface area contributed by atoms with Crippen LogP contribution in [-0.4, -0.2) is 43.5 Å². The predicted octanol–water partition coefficient (Wildman–Crippen LogP) is 2.82. The maximum atomic E-state index is 12.5. The van der Waals surface area contributed by atoms with Crippen LogP contribution in [0.25, 0.3) is 0 Å². The Bertz CT molecular complexity index is 1030. The number of hydrogen-bond donors (Lipinski definition) is 2. The van der Waals surface area contributed by atoms with Crippen LogP contribution in [0.2, 0.25) is 0 Å². The molecule has 1 fully saturated rings. The number of amides is 2. The molecule has 166 valence electrons. The minimum absolute atomic E-state index is 0.0887. The van der Waals surface area contributed by atoms with Crippen LogP contribution >= 0.6 is 0 Å². The second-order valence-electron chi connectivity index (χ2n) is 8.25. The molecule has 0 radical (unpaired) electrons. The molecule has 8 heteroatoms. The Kier molecular flexibility index (Phi) is 7.12. The fourth-order valence-corrected chi connectivity index (χ4v) is 4.71. The van der Waals surface area contributed by atoms with Gasteiger partial charge in [-0.15, -0.1) is 0 Å². The van der Waals surface area contributed by atoms with E-state index in [1.807, 2.05) is 24.3 Å². The van der Waals surface area contributed by atoms with Gasteiger partial charge in [0.1, 0.15) is 0 Å². The number of piperidine rings is 1. The highest BCUT2D eigenvalue weighted by Gasteiger charge is 2.24. The van der Waals surface area contributed by atoms with Crippen LogP contribution in [0.5, 0.6) is 0 Å². The lowest BCUT2D eigenvalue weighted by molar-refractivity contribution is -0.123. The van der Waals surface area contributed by atoms with Gasteiger partial charge in [-0.3, -0.25) is 14.5 Å². The number of likely N-dealkylation sites (tertiary alicyclic amines) is 1. The molecule has 0 spiro atoms. The number of carbonyl (C=O) groups excluding carboxylic acids is 2. The number of rotatable bonds is 7. The third-order valence-electron chi connectivity index (χ3n) is 5.59. The minimum atomic E-state index is -3.36. The van der Waals surface area contributed by atoms with Crippen molar-refractivity contribution < 1.29 is 18.0 Å². The maximum Gasteiger partial charge on any atom is 0.255 e. The molecule has 2 aromatic rings. The molecule has 1 aliphatic heterocycles. The SMILES string of the molecule is CC(C)S(=O)(=O)c1ccc(C(=O)Nc2ccc(CN3CCCC(C(N)=O)C3)cc2)cc1. The molecule has 2 aromatic carbocycles. The van der Waals surface area contributed by atoms with E-state index in [4.69, 9.17) is 5.73 Å². The fraction of sp³-hybridized carbons (Fsp3) is 0.391. The van der Waals surface area contributed by atoms with E-state index in [9.17, 15) is 18.0 Å². The highest BCUT2D eigenvalue weighted by molar-refractivity contribution is 7.92. The molecule has 1 unspecified atom stereocenters. The van der Waals surface area contributed by atoms with Crippen LogP contribution in [0.4, 0.5) is 5.69 Å². The van der Waals surface area contributed by atoms with E-state index in [0.717, 1.165) is 31.5 Å². The van der Waals surface area contributed by atoms with E-state index in [0.29, 0.717) is 17.8 Å². The number of nitrogens with one attached hydrogen (secondary N) is 1. The molecule has 0 aromatic heterocycles. The highest BCUT2D eigenvalue weighted by Crippen LogP contribution is 2.20. The second-order valence-corrected chi connectivity index (χ2v) is 10.8. The molecule has 1 heterocycles. The highest BCUT2D eigenvalue weighted by atomic mass is 32.2. The first-order valence-electron chi connectivity index (χ1n) is 10.4. The third-order valence-corrected chi connectivity index (χ3v) is 7.76. The van der Waals surface area contributed by atoms with Crippen LogP contribution in [-0.2, 0) is 21.2 Å². The molecule has 1 atom stereocenters. The van der Waals surface area contributed by atoms with Crippen LogP contribution in [0, 0.1) is 5.92 Å². The van der Waals surface area contributed by atoms with Crippen LogP contribution in [0.15, 0.2) is 53.4 Å². The smallest absolute Gasteiger partial charge is 0.255 e. The van der Waals surface area contributed by atoms with Gasteiger partial charge in [0.2, 0.25) is 5.91 Å². The topological polar surface area (TPSA) is 110 Å². The van der Waals surface area contributed by atoms with Gasteiger partial charge in [-0.1, -0.05) is 12.1 Å². The quantitative estimate of drug-likeness (QED) is 0.684. The molecule has 3 N–H and O–H groups in total. The molecule has 3 rings (SSSR count). The summed E-state index contributed by atoms with van der Waals surface area (Å²) in [6.45, 7) is 5.59. The third kappa shape index (κ3) is 5.71. The maximum absolute atomic E-state index is 12.5. The van der Waals surface area contributed by atoms with E-state index < -0.39 is 15.1 Å². The summed E-state index contributed by atoms with van der Waals surface area (Å²) in [5, 5.41) is 2.31. The summed E-state index contributed by atoms with van der Waals surface area (Å²) in [6.07, 6.45) is 1.81. The summed E-state index contributed by atoms with van der Waals surface area (Å²) in [5.74, 6) is -0.631. The molecule has 0 saturated carbocycles. The first-order valence-corrected chi connectivity index (χ1v) is 12.0. The van der Waals surface area contributed by atoms with Crippen molar-refractivity contribution in [3.05, 3.63) is 59.7 Å². The molecular formula is C23H29N3O4S. The first-order chi connectivity index (χ1) is 14.7. The Hall–Kier alpha value is -2.71. The summed E-state index contributed by atoms with van der Waals surface area (Å²) in [4.78, 5) is 26.4. The van der Waals surface area contributed by atoms with Crippen molar-refractivity contribution in [2.45, 2.75) is 43.4 Å².